The van der Waals surface area contributed by atoms with Crippen LogP contribution in [0.25, 0.3) is 0 Å². The average Bonchev–Trinajstić information content (AvgIpc) is 3.17. The predicted molar refractivity (Wildman–Crippen MR) is 103 cm³/mol. The number of non-ortho nitro benzene ring substituents is 1. The average molecular weight is 394 g/mol. The summed E-state index contributed by atoms with van der Waals surface area (Å²) in [5.41, 5.74) is 1.32. The Kier molecular flexibility index (Phi) is 6.24. The largest absolute Gasteiger partial charge is 0.350 e. The number of nitrogens with one attached hydrogen (secondary N) is 1. The minimum absolute atomic E-state index is 0.0850. The summed E-state index contributed by atoms with van der Waals surface area (Å²) in [4.78, 5) is 25.2. The number of halogens is 1. The van der Waals surface area contributed by atoms with Crippen LogP contribution in [-0.2, 0) is 0 Å². The zero-order valence-corrected chi connectivity index (χ0v) is 15.8. The second-order valence-corrected chi connectivity index (χ2v) is 7.49. The SMILES string of the molecule is O=C(NCC(c1ccsc1)N1CCCCC1)c1ccc([N+](=O)[O-])cc1Cl. The molecular weight excluding hydrogens is 374 g/mol. The first-order valence-electron chi connectivity index (χ1n) is 8.54. The highest BCUT2D eigenvalue weighted by Gasteiger charge is 2.24. The molecule has 0 spiro atoms. The minimum Gasteiger partial charge on any atom is -0.350 e. The van der Waals surface area contributed by atoms with Gasteiger partial charge in [-0.05, 0) is 54.4 Å². The van der Waals surface area contributed by atoms with Gasteiger partial charge in [0.1, 0.15) is 0 Å². The molecule has 8 heteroatoms. The van der Waals surface area contributed by atoms with Crippen molar-refractivity contribution in [2.24, 2.45) is 0 Å². The number of nitro benzene ring substituents is 1. The van der Waals surface area contributed by atoms with Crippen LogP contribution in [0.15, 0.2) is 35.0 Å². The van der Waals surface area contributed by atoms with Gasteiger partial charge in [0.2, 0.25) is 0 Å². The Morgan fingerprint density at radius 2 is 2.08 bits per heavy atom. The quantitative estimate of drug-likeness (QED) is 0.587. The molecule has 0 radical (unpaired) electrons. The van der Waals surface area contributed by atoms with Gasteiger partial charge in [0.05, 0.1) is 21.6 Å². The summed E-state index contributed by atoms with van der Waals surface area (Å²) in [6.45, 7) is 2.52. The van der Waals surface area contributed by atoms with Gasteiger partial charge in [-0.25, -0.2) is 0 Å². The normalized spacial score (nSPS) is 16.2. The van der Waals surface area contributed by atoms with Gasteiger partial charge in [-0.2, -0.15) is 11.3 Å². The number of hydrogen-bond acceptors (Lipinski definition) is 5. The molecule has 0 bridgehead atoms. The molecule has 1 fully saturated rings. The van der Waals surface area contributed by atoms with Gasteiger partial charge in [0.25, 0.3) is 11.6 Å². The van der Waals surface area contributed by atoms with Crippen LogP contribution in [0.5, 0.6) is 0 Å². The van der Waals surface area contributed by atoms with Crippen molar-refractivity contribution in [3.05, 3.63) is 61.3 Å². The molecule has 0 aliphatic carbocycles. The Bertz CT molecular complexity index is 776. The lowest BCUT2D eigenvalue weighted by Crippen LogP contribution is -2.40. The summed E-state index contributed by atoms with van der Waals surface area (Å²) in [5, 5.41) is 18.0. The maximum Gasteiger partial charge on any atom is 0.270 e. The molecule has 1 N–H and O–H groups in total. The first-order valence-corrected chi connectivity index (χ1v) is 9.86. The van der Waals surface area contributed by atoms with Crippen molar-refractivity contribution in [3.8, 4) is 0 Å². The molecule has 1 amide bonds. The fourth-order valence-corrected chi connectivity index (χ4v) is 4.21. The summed E-state index contributed by atoms with van der Waals surface area (Å²) in [7, 11) is 0. The number of hydrogen-bond donors (Lipinski definition) is 1. The summed E-state index contributed by atoms with van der Waals surface area (Å²) in [6, 6.07) is 6.12. The second kappa shape index (κ2) is 8.62. The molecule has 138 valence electrons. The maximum atomic E-state index is 12.5. The summed E-state index contributed by atoms with van der Waals surface area (Å²) in [5.74, 6) is -0.317. The standard InChI is InChI=1S/C18H20ClN3O3S/c19-16-10-14(22(24)25)4-5-15(16)18(23)20-11-17(13-6-9-26-12-13)21-7-2-1-3-8-21/h4-6,9-10,12,17H,1-3,7-8,11H2,(H,20,23). The number of nitrogens with zero attached hydrogens (tertiary/aromatic N) is 2. The number of benzene rings is 1. The molecule has 1 atom stereocenters. The highest BCUT2D eigenvalue weighted by Crippen LogP contribution is 2.27. The minimum atomic E-state index is -0.531. The van der Waals surface area contributed by atoms with Gasteiger partial charge in [0, 0.05) is 18.7 Å². The lowest BCUT2D eigenvalue weighted by atomic mass is 10.0. The van der Waals surface area contributed by atoms with Crippen molar-refractivity contribution >= 4 is 34.5 Å². The highest BCUT2D eigenvalue weighted by molar-refractivity contribution is 7.08. The molecule has 1 aliphatic rings. The molecular formula is C18H20ClN3O3S. The van der Waals surface area contributed by atoms with Crippen LogP contribution in [0.2, 0.25) is 5.02 Å². The van der Waals surface area contributed by atoms with Crippen molar-refractivity contribution in [2.45, 2.75) is 25.3 Å². The Morgan fingerprint density at radius 1 is 1.31 bits per heavy atom. The Hall–Kier alpha value is -1.96. The van der Waals surface area contributed by atoms with Gasteiger partial charge in [-0.15, -0.1) is 0 Å². The fraction of sp³-hybridized carbons (Fsp3) is 0.389. The van der Waals surface area contributed by atoms with Crippen LogP contribution in [-0.4, -0.2) is 35.4 Å². The van der Waals surface area contributed by atoms with Gasteiger partial charge in [-0.3, -0.25) is 19.8 Å². The summed E-state index contributed by atoms with van der Waals surface area (Å²) < 4.78 is 0. The van der Waals surface area contributed by atoms with E-state index in [9.17, 15) is 14.9 Å². The van der Waals surface area contributed by atoms with Crippen molar-refractivity contribution in [1.82, 2.24) is 10.2 Å². The Morgan fingerprint density at radius 3 is 2.69 bits per heavy atom. The molecule has 3 rings (SSSR count). The lowest BCUT2D eigenvalue weighted by molar-refractivity contribution is -0.384. The van der Waals surface area contributed by atoms with Gasteiger partial charge < -0.3 is 5.32 Å². The van der Waals surface area contributed by atoms with Crippen molar-refractivity contribution in [1.29, 1.82) is 0 Å². The molecule has 1 aliphatic heterocycles. The van der Waals surface area contributed by atoms with E-state index in [0.717, 1.165) is 13.1 Å². The number of carbonyl (C=O) groups excluding carboxylic acids is 1. The molecule has 2 heterocycles. The van der Waals surface area contributed by atoms with Gasteiger partial charge in [0.15, 0.2) is 0 Å². The van der Waals surface area contributed by atoms with E-state index >= 15 is 0 Å². The first-order chi connectivity index (χ1) is 12.6. The molecule has 1 aromatic heterocycles. The van der Waals surface area contributed by atoms with E-state index < -0.39 is 4.92 Å². The number of amides is 1. The van der Waals surface area contributed by atoms with E-state index in [2.05, 4.69) is 21.7 Å². The Labute approximate surface area is 160 Å². The molecule has 0 saturated carbocycles. The third kappa shape index (κ3) is 4.41. The van der Waals surface area contributed by atoms with Crippen LogP contribution in [0.3, 0.4) is 0 Å². The topological polar surface area (TPSA) is 75.5 Å². The lowest BCUT2D eigenvalue weighted by Gasteiger charge is -2.34. The number of piperidine rings is 1. The summed E-state index contributed by atoms with van der Waals surface area (Å²) in [6.07, 6.45) is 3.59. The molecule has 1 aromatic carbocycles. The van der Waals surface area contributed by atoms with Crippen LogP contribution in [0.4, 0.5) is 5.69 Å². The third-order valence-corrected chi connectivity index (χ3v) is 5.64. The van der Waals surface area contributed by atoms with Crippen molar-refractivity contribution in [2.75, 3.05) is 19.6 Å². The highest BCUT2D eigenvalue weighted by atomic mass is 35.5. The van der Waals surface area contributed by atoms with E-state index in [1.54, 1.807) is 11.3 Å². The van der Waals surface area contributed by atoms with Gasteiger partial charge in [-0.1, -0.05) is 18.0 Å². The summed E-state index contributed by atoms with van der Waals surface area (Å²) >= 11 is 7.70. The van der Waals surface area contributed by atoms with E-state index in [1.165, 1.54) is 43.0 Å². The predicted octanol–water partition coefficient (Wildman–Crippen LogP) is 4.27. The van der Waals surface area contributed by atoms with Crippen LogP contribution >= 0.6 is 22.9 Å². The second-order valence-electron chi connectivity index (χ2n) is 6.30. The monoisotopic (exact) mass is 393 g/mol. The van der Waals surface area contributed by atoms with E-state index in [4.69, 9.17) is 11.6 Å². The third-order valence-electron chi connectivity index (χ3n) is 4.62. The molecule has 1 saturated heterocycles. The van der Waals surface area contributed by atoms with Crippen LogP contribution in [0.1, 0.15) is 41.2 Å². The van der Waals surface area contributed by atoms with Crippen LogP contribution in [0, 0.1) is 10.1 Å². The van der Waals surface area contributed by atoms with Crippen LogP contribution < -0.4 is 5.32 Å². The molecule has 6 nitrogen and oxygen atoms in total. The Balaban J connectivity index is 1.70. The van der Waals surface area contributed by atoms with E-state index in [1.807, 2.05) is 5.38 Å². The first kappa shape index (κ1) is 18.8. The van der Waals surface area contributed by atoms with Crippen molar-refractivity contribution in [3.63, 3.8) is 0 Å². The molecule has 1 unspecified atom stereocenters. The molecule has 26 heavy (non-hydrogen) atoms. The number of likely N-dealkylation sites (tertiary alicyclic amines) is 1. The van der Waals surface area contributed by atoms with Gasteiger partial charge >= 0.3 is 0 Å². The number of rotatable bonds is 6. The van der Waals surface area contributed by atoms with E-state index in [0.29, 0.717) is 6.54 Å². The fourth-order valence-electron chi connectivity index (χ4n) is 3.24. The van der Waals surface area contributed by atoms with E-state index in [-0.39, 0.29) is 28.2 Å². The number of thiophene rings is 1. The number of carbonyl (C=O) groups is 1. The molecule has 2 aromatic rings. The zero-order valence-electron chi connectivity index (χ0n) is 14.2. The number of nitro groups is 1. The van der Waals surface area contributed by atoms with Crippen molar-refractivity contribution < 1.29 is 9.72 Å². The zero-order chi connectivity index (χ0) is 18.5. The maximum absolute atomic E-state index is 12.5. The smallest absolute Gasteiger partial charge is 0.270 e.